The second kappa shape index (κ2) is 10.6. The van der Waals surface area contributed by atoms with Crippen molar-refractivity contribution in [2.45, 2.75) is 11.4 Å². The maximum atomic E-state index is 13.7. The Bertz CT molecular complexity index is 888. The van der Waals surface area contributed by atoms with Gasteiger partial charge in [0.1, 0.15) is 5.82 Å². The van der Waals surface area contributed by atoms with Gasteiger partial charge in [-0.2, -0.15) is 0 Å². The molecule has 2 rings (SSSR count). The molecule has 154 valence electrons. The molecule has 0 aliphatic rings. The van der Waals surface area contributed by atoms with Crippen molar-refractivity contribution in [2.24, 2.45) is 0 Å². The molecule has 2 aromatic carbocycles. The summed E-state index contributed by atoms with van der Waals surface area (Å²) in [4.78, 5) is 39.8. The van der Waals surface area contributed by atoms with Gasteiger partial charge in [0, 0.05) is 38.1 Å². The average molecular weight is 418 g/mol. The Morgan fingerprint density at radius 3 is 2.31 bits per heavy atom. The molecule has 2 aromatic rings. The van der Waals surface area contributed by atoms with E-state index in [1.807, 2.05) is 0 Å². The molecule has 0 aliphatic carbocycles. The van der Waals surface area contributed by atoms with Crippen LogP contribution >= 0.6 is 11.8 Å². The molecule has 0 atom stereocenters. The Labute approximate surface area is 173 Å². The number of ether oxygens (including phenoxy) is 1. The number of benzene rings is 2. The average Bonchev–Trinajstić information content (AvgIpc) is 2.71. The zero-order chi connectivity index (χ0) is 21.4. The van der Waals surface area contributed by atoms with E-state index in [2.05, 4.69) is 0 Å². The Hall–Kier alpha value is -2.87. The zero-order valence-corrected chi connectivity index (χ0v) is 17.4. The van der Waals surface area contributed by atoms with Gasteiger partial charge in [0.15, 0.2) is 6.61 Å². The molecule has 0 spiro atoms. The zero-order valence-electron chi connectivity index (χ0n) is 16.6. The molecule has 0 N–H and O–H groups in total. The van der Waals surface area contributed by atoms with Crippen LogP contribution in [-0.2, 0) is 20.9 Å². The quantitative estimate of drug-likeness (QED) is 0.487. The predicted octanol–water partition coefficient (Wildman–Crippen LogP) is 2.82. The van der Waals surface area contributed by atoms with E-state index in [9.17, 15) is 18.8 Å². The number of esters is 1. The van der Waals surface area contributed by atoms with Crippen LogP contribution in [-0.4, -0.2) is 61.1 Å². The van der Waals surface area contributed by atoms with Gasteiger partial charge in [-0.25, -0.2) is 9.18 Å². The summed E-state index contributed by atoms with van der Waals surface area (Å²) in [5.74, 6) is -1.40. The van der Waals surface area contributed by atoms with Crippen molar-refractivity contribution in [2.75, 3.05) is 33.5 Å². The summed E-state index contributed by atoms with van der Waals surface area (Å²) < 4.78 is 18.9. The largest absolute Gasteiger partial charge is 0.452 e. The van der Waals surface area contributed by atoms with Crippen molar-refractivity contribution in [3.05, 3.63) is 65.5 Å². The third-order valence-electron chi connectivity index (χ3n) is 4.07. The summed E-state index contributed by atoms with van der Waals surface area (Å²) in [7, 11) is 4.83. The molecule has 0 heterocycles. The first-order chi connectivity index (χ1) is 13.8. The molecule has 0 aliphatic heterocycles. The van der Waals surface area contributed by atoms with Crippen molar-refractivity contribution in [3.8, 4) is 0 Å². The summed E-state index contributed by atoms with van der Waals surface area (Å²) in [6, 6.07) is 12.9. The highest BCUT2D eigenvalue weighted by Crippen LogP contribution is 2.23. The van der Waals surface area contributed by atoms with Crippen molar-refractivity contribution < 1.29 is 23.5 Å². The molecule has 29 heavy (non-hydrogen) atoms. The Morgan fingerprint density at radius 2 is 1.62 bits per heavy atom. The fraction of sp³-hybridized carbons (Fsp3) is 0.286. The van der Waals surface area contributed by atoms with Crippen molar-refractivity contribution in [3.63, 3.8) is 0 Å². The molecular weight excluding hydrogens is 395 g/mol. The smallest absolute Gasteiger partial charge is 0.339 e. The molecule has 6 nitrogen and oxygen atoms in total. The lowest BCUT2D eigenvalue weighted by molar-refractivity contribution is -0.133. The van der Waals surface area contributed by atoms with Crippen LogP contribution in [0.25, 0.3) is 0 Å². The lowest BCUT2D eigenvalue weighted by Crippen LogP contribution is -2.31. The first kappa shape index (κ1) is 22.4. The standard InChI is InChI=1S/C21H23FN2O4S/c1-23(2)20(26)14-29-18-11-7-5-9-16(18)21(27)28-13-19(25)24(3)12-15-8-4-6-10-17(15)22/h4-11H,12-14H2,1-3H3. The number of hydrogen-bond donors (Lipinski definition) is 0. The van der Waals surface area contributed by atoms with Crippen LogP contribution in [0.3, 0.4) is 0 Å². The second-order valence-corrected chi connectivity index (χ2v) is 7.51. The van der Waals surface area contributed by atoms with Crippen molar-refractivity contribution in [1.29, 1.82) is 0 Å². The minimum Gasteiger partial charge on any atom is -0.452 e. The topological polar surface area (TPSA) is 66.9 Å². The Balaban J connectivity index is 1.94. The molecular formula is C21H23FN2O4S. The molecule has 0 unspecified atom stereocenters. The highest BCUT2D eigenvalue weighted by molar-refractivity contribution is 8.00. The van der Waals surface area contributed by atoms with E-state index < -0.39 is 24.3 Å². The van der Waals surface area contributed by atoms with E-state index in [4.69, 9.17) is 4.74 Å². The van der Waals surface area contributed by atoms with Crippen molar-refractivity contribution in [1.82, 2.24) is 9.80 Å². The third-order valence-corrected chi connectivity index (χ3v) is 5.13. The number of halogens is 1. The van der Waals surface area contributed by atoms with Crippen LogP contribution in [0.1, 0.15) is 15.9 Å². The van der Waals surface area contributed by atoms with Crippen LogP contribution in [0.5, 0.6) is 0 Å². The number of nitrogens with zero attached hydrogens (tertiary/aromatic N) is 2. The van der Waals surface area contributed by atoms with Crippen LogP contribution < -0.4 is 0 Å². The van der Waals surface area contributed by atoms with E-state index in [0.29, 0.717) is 10.5 Å². The molecule has 0 fully saturated rings. The number of carbonyl (C=O) groups excluding carboxylic acids is 3. The predicted molar refractivity (Wildman–Crippen MR) is 109 cm³/mol. The molecule has 8 heteroatoms. The second-order valence-electron chi connectivity index (χ2n) is 6.49. The molecule has 0 saturated carbocycles. The monoisotopic (exact) mass is 418 g/mol. The first-order valence-corrected chi connectivity index (χ1v) is 9.84. The van der Waals surface area contributed by atoms with Crippen molar-refractivity contribution >= 4 is 29.5 Å². The van der Waals surface area contributed by atoms with Gasteiger partial charge in [-0.1, -0.05) is 30.3 Å². The maximum Gasteiger partial charge on any atom is 0.339 e. The van der Waals surface area contributed by atoms with E-state index in [0.717, 1.165) is 0 Å². The lowest BCUT2D eigenvalue weighted by atomic mass is 10.2. The van der Waals surface area contributed by atoms with Gasteiger partial charge in [-0.15, -0.1) is 11.8 Å². The maximum absolute atomic E-state index is 13.7. The van der Waals surface area contributed by atoms with Gasteiger partial charge in [0.25, 0.3) is 5.91 Å². The van der Waals surface area contributed by atoms with E-state index in [1.165, 1.54) is 34.7 Å². The third kappa shape index (κ3) is 6.60. The molecule has 0 saturated heterocycles. The number of amides is 2. The van der Waals surface area contributed by atoms with Crippen LogP contribution in [0.4, 0.5) is 4.39 Å². The minimum atomic E-state index is -0.655. The number of carbonyl (C=O) groups is 3. The van der Waals surface area contributed by atoms with E-state index in [-0.39, 0.29) is 23.8 Å². The SMILES string of the molecule is CN(C)C(=O)CSc1ccccc1C(=O)OCC(=O)N(C)Cc1ccccc1F. The number of hydrogen-bond acceptors (Lipinski definition) is 5. The van der Waals surface area contributed by atoms with Gasteiger partial charge in [0.2, 0.25) is 5.91 Å². The Morgan fingerprint density at radius 1 is 0.966 bits per heavy atom. The van der Waals surface area contributed by atoms with Gasteiger partial charge in [-0.05, 0) is 18.2 Å². The van der Waals surface area contributed by atoms with E-state index in [1.54, 1.807) is 56.6 Å². The van der Waals surface area contributed by atoms with Crippen LogP contribution in [0, 0.1) is 5.82 Å². The van der Waals surface area contributed by atoms with Gasteiger partial charge in [0.05, 0.1) is 11.3 Å². The molecule has 0 radical (unpaired) electrons. The number of rotatable bonds is 8. The fourth-order valence-electron chi connectivity index (χ4n) is 2.32. The normalized spacial score (nSPS) is 10.3. The molecule has 2 amide bonds. The summed E-state index contributed by atoms with van der Waals surface area (Å²) in [6.07, 6.45) is 0. The van der Waals surface area contributed by atoms with Crippen LogP contribution in [0.2, 0.25) is 0 Å². The minimum absolute atomic E-state index is 0.0716. The highest BCUT2D eigenvalue weighted by Gasteiger charge is 2.18. The van der Waals surface area contributed by atoms with E-state index >= 15 is 0 Å². The van der Waals surface area contributed by atoms with Gasteiger partial charge >= 0.3 is 5.97 Å². The Kier molecular flexibility index (Phi) is 8.21. The fourth-order valence-corrected chi connectivity index (χ4v) is 3.33. The summed E-state index contributed by atoms with van der Waals surface area (Å²) in [5.41, 5.74) is 0.663. The summed E-state index contributed by atoms with van der Waals surface area (Å²) >= 11 is 1.23. The molecule has 0 bridgehead atoms. The lowest BCUT2D eigenvalue weighted by Gasteiger charge is -2.18. The summed E-state index contributed by atoms with van der Waals surface area (Å²) in [5, 5.41) is 0. The number of thioether (sulfide) groups is 1. The van der Waals surface area contributed by atoms with Gasteiger partial charge in [-0.3, -0.25) is 9.59 Å². The van der Waals surface area contributed by atoms with Gasteiger partial charge < -0.3 is 14.5 Å². The highest BCUT2D eigenvalue weighted by atomic mass is 32.2. The summed E-state index contributed by atoms with van der Waals surface area (Å²) in [6.45, 7) is -0.387. The van der Waals surface area contributed by atoms with Crippen LogP contribution in [0.15, 0.2) is 53.4 Å². The molecule has 0 aromatic heterocycles. The number of likely N-dealkylation sites (N-methyl/N-ethyl adjacent to an activating group) is 1. The first-order valence-electron chi connectivity index (χ1n) is 8.86.